The predicted molar refractivity (Wildman–Crippen MR) is 80.1 cm³/mol. The summed E-state index contributed by atoms with van der Waals surface area (Å²) in [5.74, 6) is 0.646. The largest absolute Gasteiger partial charge is 0.378 e. The van der Waals surface area contributed by atoms with Gasteiger partial charge in [0.25, 0.3) is 5.56 Å². The number of aromatic amines is 1. The average Bonchev–Trinajstić information content (AvgIpc) is 2.44. The lowest BCUT2D eigenvalue weighted by atomic mass is 9.84. The summed E-state index contributed by atoms with van der Waals surface area (Å²) in [7, 11) is 3.30. The molecular formula is C13H19IN2O3. The molecule has 0 aliphatic heterocycles. The van der Waals surface area contributed by atoms with E-state index in [2.05, 4.69) is 9.97 Å². The molecule has 1 aliphatic carbocycles. The predicted octanol–water partition coefficient (Wildman–Crippen LogP) is 2.33. The maximum absolute atomic E-state index is 12.0. The van der Waals surface area contributed by atoms with Gasteiger partial charge in [0.15, 0.2) is 0 Å². The second kappa shape index (κ2) is 6.32. The molecule has 1 saturated carbocycles. The van der Waals surface area contributed by atoms with Crippen molar-refractivity contribution in [2.45, 2.75) is 44.3 Å². The minimum absolute atomic E-state index is 0.111. The number of methoxy groups -OCH3 is 2. The summed E-state index contributed by atoms with van der Waals surface area (Å²) in [6.45, 7) is 0.342. The summed E-state index contributed by atoms with van der Waals surface area (Å²) in [6, 6.07) is 0. The molecule has 1 fully saturated rings. The molecule has 0 saturated heterocycles. The van der Waals surface area contributed by atoms with E-state index in [0.29, 0.717) is 21.7 Å². The van der Waals surface area contributed by atoms with E-state index in [9.17, 15) is 4.79 Å². The maximum Gasteiger partial charge on any atom is 0.264 e. The molecule has 106 valence electrons. The number of aromatic nitrogens is 2. The molecule has 6 heteroatoms. The molecule has 0 bridgehead atoms. The fourth-order valence-corrected chi connectivity index (χ4v) is 3.03. The van der Waals surface area contributed by atoms with Crippen molar-refractivity contribution < 1.29 is 9.47 Å². The van der Waals surface area contributed by atoms with Gasteiger partial charge in [0.05, 0.1) is 12.3 Å². The number of ether oxygens (including phenoxy) is 2. The zero-order valence-corrected chi connectivity index (χ0v) is 13.5. The number of nitrogens with zero attached hydrogens (tertiary/aromatic N) is 1. The third-order valence-electron chi connectivity index (χ3n) is 3.70. The standard InChI is InChI=1S/C13H19IN2O3/c1-18-8-9-10(14)11(17)16-12(15-9)13(19-2)6-4-3-5-7-13/h3-8H2,1-2H3,(H,15,16,17). The molecule has 1 N–H and O–H groups in total. The molecule has 1 aromatic heterocycles. The van der Waals surface area contributed by atoms with E-state index in [1.165, 1.54) is 6.42 Å². The highest BCUT2D eigenvalue weighted by Gasteiger charge is 2.36. The Balaban J connectivity index is 2.45. The van der Waals surface area contributed by atoms with Crippen LogP contribution in [0.5, 0.6) is 0 Å². The Morgan fingerprint density at radius 3 is 2.58 bits per heavy atom. The van der Waals surface area contributed by atoms with E-state index in [1.54, 1.807) is 14.2 Å². The van der Waals surface area contributed by atoms with Crippen LogP contribution < -0.4 is 5.56 Å². The van der Waals surface area contributed by atoms with Crippen LogP contribution in [0.4, 0.5) is 0 Å². The van der Waals surface area contributed by atoms with Crippen LogP contribution in [0.2, 0.25) is 0 Å². The summed E-state index contributed by atoms with van der Waals surface area (Å²) in [4.78, 5) is 19.5. The van der Waals surface area contributed by atoms with Gasteiger partial charge in [-0.05, 0) is 35.4 Å². The molecule has 0 amide bonds. The summed E-state index contributed by atoms with van der Waals surface area (Å²) in [5.41, 5.74) is 0.132. The number of rotatable bonds is 4. The molecule has 0 atom stereocenters. The second-order valence-corrected chi connectivity index (χ2v) is 5.95. The van der Waals surface area contributed by atoms with E-state index in [4.69, 9.17) is 9.47 Å². The van der Waals surface area contributed by atoms with E-state index in [-0.39, 0.29) is 5.56 Å². The molecule has 0 radical (unpaired) electrons. The zero-order chi connectivity index (χ0) is 13.9. The van der Waals surface area contributed by atoms with Gasteiger partial charge in [-0.15, -0.1) is 0 Å². The van der Waals surface area contributed by atoms with Crippen LogP contribution in [0.25, 0.3) is 0 Å². The molecule has 19 heavy (non-hydrogen) atoms. The fourth-order valence-electron chi connectivity index (χ4n) is 2.61. The Morgan fingerprint density at radius 1 is 1.32 bits per heavy atom. The molecule has 1 heterocycles. The van der Waals surface area contributed by atoms with Crippen LogP contribution in [-0.4, -0.2) is 24.2 Å². The van der Waals surface area contributed by atoms with E-state index in [0.717, 1.165) is 25.7 Å². The Labute approximate surface area is 126 Å². The number of halogens is 1. The highest BCUT2D eigenvalue weighted by molar-refractivity contribution is 14.1. The number of nitrogens with one attached hydrogen (secondary N) is 1. The summed E-state index contributed by atoms with van der Waals surface area (Å²) in [5, 5.41) is 0. The van der Waals surface area contributed by atoms with Crippen molar-refractivity contribution in [3.63, 3.8) is 0 Å². The highest BCUT2D eigenvalue weighted by Crippen LogP contribution is 2.38. The van der Waals surface area contributed by atoms with E-state index in [1.807, 2.05) is 22.6 Å². The lowest BCUT2D eigenvalue weighted by Gasteiger charge is -2.35. The smallest absolute Gasteiger partial charge is 0.264 e. The van der Waals surface area contributed by atoms with Gasteiger partial charge in [0.2, 0.25) is 0 Å². The SMILES string of the molecule is COCc1nc(C2(OC)CCCCC2)[nH]c(=O)c1I. The first-order chi connectivity index (χ1) is 9.13. The Hall–Kier alpha value is -0.470. The lowest BCUT2D eigenvalue weighted by molar-refractivity contribution is -0.0520. The van der Waals surface area contributed by atoms with Crippen molar-refractivity contribution in [2.24, 2.45) is 0 Å². The first-order valence-corrected chi connectivity index (χ1v) is 7.54. The van der Waals surface area contributed by atoms with Gasteiger partial charge in [-0.25, -0.2) is 4.98 Å². The summed E-state index contributed by atoms with van der Waals surface area (Å²) in [6.07, 6.45) is 5.22. The monoisotopic (exact) mass is 378 g/mol. The van der Waals surface area contributed by atoms with Gasteiger partial charge in [-0.1, -0.05) is 19.3 Å². The topological polar surface area (TPSA) is 64.2 Å². The van der Waals surface area contributed by atoms with Crippen LogP contribution >= 0.6 is 22.6 Å². The Bertz CT molecular complexity index is 495. The zero-order valence-electron chi connectivity index (χ0n) is 11.3. The maximum atomic E-state index is 12.0. The minimum Gasteiger partial charge on any atom is -0.378 e. The third kappa shape index (κ3) is 3.00. The molecule has 1 aromatic rings. The van der Waals surface area contributed by atoms with Crippen LogP contribution in [0.1, 0.15) is 43.6 Å². The van der Waals surface area contributed by atoms with E-state index < -0.39 is 5.60 Å². The summed E-state index contributed by atoms with van der Waals surface area (Å²) < 4.78 is 11.4. The minimum atomic E-state index is -0.440. The van der Waals surface area contributed by atoms with Crippen LogP contribution in [0, 0.1) is 3.57 Å². The molecule has 1 aliphatic rings. The quantitative estimate of drug-likeness (QED) is 0.817. The van der Waals surface area contributed by atoms with Crippen LogP contribution in [0.15, 0.2) is 4.79 Å². The molecule has 0 aromatic carbocycles. The van der Waals surface area contributed by atoms with Gasteiger partial charge in [0.1, 0.15) is 15.0 Å². The average molecular weight is 378 g/mol. The first kappa shape index (κ1) is 14.9. The fraction of sp³-hybridized carbons (Fsp3) is 0.692. The Kier molecular flexibility index (Phi) is 4.97. The summed E-state index contributed by atoms with van der Waals surface area (Å²) >= 11 is 2.01. The van der Waals surface area contributed by atoms with Crippen LogP contribution in [0.3, 0.4) is 0 Å². The molecular weight excluding hydrogens is 359 g/mol. The van der Waals surface area contributed by atoms with Crippen molar-refractivity contribution in [3.8, 4) is 0 Å². The third-order valence-corrected chi connectivity index (χ3v) is 4.81. The van der Waals surface area contributed by atoms with Crippen molar-refractivity contribution >= 4 is 22.6 Å². The van der Waals surface area contributed by atoms with Gasteiger partial charge in [-0.3, -0.25) is 4.79 Å². The molecule has 0 unspecified atom stereocenters. The van der Waals surface area contributed by atoms with E-state index >= 15 is 0 Å². The number of H-pyrrole nitrogens is 1. The van der Waals surface area contributed by atoms with Crippen molar-refractivity contribution in [2.75, 3.05) is 14.2 Å². The molecule has 0 spiro atoms. The second-order valence-electron chi connectivity index (χ2n) is 4.87. The Morgan fingerprint density at radius 2 is 2.00 bits per heavy atom. The normalized spacial score (nSPS) is 18.5. The lowest BCUT2D eigenvalue weighted by Crippen LogP contribution is -2.36. The molecule has 2 rings (SSSR count). The first-order valence-electron chi connectivity index (χ1n) is 6.46. The van der Waals surface area contributed by atoms with Crippen molar-refractivity contribution in [1.82, 2.24) is 9.97 Å². The van der Waals surface area contributed by atoms with Crippen molar-refractivity contribution in [3.05, 3.63) is 25.4 Å². The number of hydrogen-bond donors (Lipinski definition) is 1. The highest BCUT2D eigenvalue weighted by atomic mass is 127. The van der Waals surface area contributed by atoms with Gasteiger partial charge in [0, 0.05) is 14.2 Å². The van der Waals surface area contributed by atoms with Gasteiger partial charge in [-0.2, -0.15) is 0 Å². The number of hydrogen-bond acceptors (Lipinski definition) is 4. The van der Waals surface area contributed by atoms with Crippen LogP contribution in [-0.2, 0) is 21.7 Å². The van der Waals surface area contributed by atoms with Gasteiger partial charge >= 0.3 is 0 Å². The van der Waals surface area contributed by atoms with Gasteiger partial charge < -0.3 is 14.5 Å². The van der Waals surface area contributed by atoms with Crippen molar-refractivity contribution in [1.29, 1.82) is 0 Å². The molecule has 5 nitrogen and oxygen atoms in total.